The number of carbonyl (C=O) groups excluding carboxylic acids is 2. The van der Waals surface area contributed by atoms with Crippen LogP contribution in [0.3, 0.4) is 0 Å². The van der Waals surface area contributed by atoms with Crippen LogP contribution in [0, 0.1) is 0 Å². The highest BCUT2D eigenvalue weighted by Crippen LogP contribution is 2.17. The van der Waals surface area contributed by atoms with Crippen LogP contribution in [0.25, 0.3) is 0 Å². The van der Waals surface area contributed by atoms with Gasteiger partial charge in [-0.2, -0.15) is 0 Å². The van der Waals surface area contributed by atoms with E-state index in [9.17, 15) is 14.4 Å². The number of carboxylic acid groups (broad SMARTS) is 1. The fraction of sp³-hybridized carbons (Fsp3) is 0.500. The van der Waals surface area contributed by atoms with Gasteiger partial charge in [-0.05, 0) is 37.0 Å². The average molecular weight is 332 g/mol. The van der Waals surface area contributed by atoms with Crippen LogP contribution < -0.4 is 10.6 Å². The van der Waals surface area contributed by atoms with Crippen molar-refractivity contribution in [3.63, 3.8) is 0 Å². The molecule has 0 spiro atoms. The Balaban J connectivity index is 1.65. The molecule has 1 saturated carbocycles. The maximum Gasteiger partial charge on any atom is 0.335 e. The molecule has 0 aliphatic heterocycles. The molecule has 1 aromatic carbocycles. The van der Waals surface area contributed by atoms with Crippen molar-refractivity contribution in [3.05, 3.63) is 35.4 Å². The van der Waals surface area contributed by atoms with E-state index in [1.54, 1.807) is 12.1 Å². The van der Waals surface area contributed by atoms with Gasteiger partial charge in [0.15, 0.2) is 0 Å². The first-order valence-corrected chi connectivity index (χ1v) is 8.43. The van der Waals surface area contributed by atoms with Gasteiger partial charge in [0.25, 0.3) is 0 Å². The molecule has 0 heterocycles. The Kier molecular flexibility index (Phi) is 6.78. The summed E-state index contributed by atoms with van der Waals surface area (Å²) in [5.41, 5.74) is 1.12. The molecule has 0 bridgehead atoms. The third-order valence-corrected chi connectivity index (χ3v) is 4.26. The van der Waals surface area contributed by atoms with E-state index < -0.39 is 5.97 Å². The molecule has 0 radical (unpaired) electrons. The molecule has 6 nitrogen and oxygen atoms in total. The summed E-state index contributed by atoms with van der Waals surface area (Å²) in [6, 6.07) is 6.69. The van der Waals surface area contributed by atoms with E-state index in [1.807, 2.05) is 0 Å². The zero-order chi connectivity index (χ0) is 17.4. The average Bonchev–Trinajstić information content (AvgIpc) is 2.59. The minimum Gasteiger partial charge on any atom is -0.478 e. The molecule has 2 rings (SSSR count). The van der Waals surface area contributed by atoms with E-state index in [1.165, 1.54) is 18.6 Å². The summed E-state index contributed by atoms with van der Waals surface area (Å²) in [6.45, 7) is 0.00723. The smallest absolute Gasteiger partial charge is 0.335 e. The maximum absolute atomic E-state index is 11.8. The fourth-order valence-electron chi connectivity index (χ4n) is 2.86. The lowest BCUT2D eigenvalue weighted by Crippen LogP contribution is -2.42. The van der Waals surface area contributed by atoms with Crippen molar-refractivity contribution < 1.29 is 19.5 Å². The predicted octanol–water partition coefficient (Wildman–Crippen LogP) is 1.88. The zero-order valence-corrected chi connectivity index (χ0v) is 13.7. The Morgan fingerprint density at radius 3 is 2.29 bits per heavy atom. The molecule has 0 atom stereocenters. The molecule has 0 saturated heterocycles. The summed E-state index contributed by atoms with van der Waals surface area (Å²) in [4.78, 5) is 34.4. The highest BCUT2D eigenvalue weighted by Gasteiger charge is 2.15. The van der Waals surface area contributed by atoms with Gasteiger partial charge in [-0.3, -0.25) is 9.59 Å². The first-order chi connectivity index (χ1) is 11.5. The van der Waals surface area contributed by atoms with Gasteiger partial charge in [0.1, 0.15) is 0 Å². The van der Waals surface area contributed by atoms with Gasteiger partial charge >= 0.3 is 5.97 Å². The predicted molar refractivity (Wildman–Crippen MR) is 89.7 cm³/mol. The molecule has 0 unspecified atom stereocenters. The third kappa shape index (κ3) is 6.02. The Hall–Kier alpha value is -2.37. The molecule has 24 heavy (non-hydrogen) atoms. The number of rotatable bonds is 7. The van der Waals surface area contributed by atoms with Crippen LogP contribution in [-0.2, 0) is 16.0 Å². The lowest BCUT2D eigenvalue weighted by Gasteiger charge is -2.22. The Labute approximate surface area is 141 Å². The summed E-state index contributed by atoms with van der Waals surface area (Å²) in [6.07, 6.45) is 6.35. The number of amides is 2. The molecule has 2 amide bonds. The van der Waals surface area contributed by atoms with Crippen molar-refractivity contribution in [1.29, 1.82) is 0 Å². The number of carbonyl (C=O) groups is 3. The fourth-order valence-corrected chi connectivity index (χ4v) is 2.86. The molecule has 1 aromatic rings. The van der Waals surface area contributed by atoms with E-state index in [0.29, 0.717) is 6.42 Å². The van der Waals surface area contributed by atoms with Crippen LogP contribution in [0.4, 0.5) is 0 Å². The number of nitrogens with one attached hydrogen (secondary N) is 2. The van der Waals surface area contributed by atoms with Crippen LogP contribution in [0.15, 0.2) is 24.3 Å². The second-order valence-corrected chi connectivity index (χ2v) is 6.18. The topological polar surface area (TPSA) is 95.5 Å². The highest BCUT2D eigenvalue weighted by atomic mass is 16.4. The van der Waals surface area contributed by atoms with Crippen molar-refractivity contribution >= 4 is 17.8 Å². The monoisotopic (exact) mass is 332 g/mol. The third-order valence-electron chi connectivity index (χ3n) is 4.26. The summed E-state index contributed by atoms with van der Waals surface area (Å²) < 4.78 is 0. The molecule has 1 aliphatic rings. The quantitative estimate of drug-likeness (QED) is 0.710. The SMILES string of the molecule is O=C(CCc1ccc(C(=O)O)cc1)NCC(=O)NC1CCCCC1. The first kappa shape index (κ1) is 18.0. The van der Waals surface area contributed by atoms with Gasteiger partial charge in [0.05, 0.1) is 12.1 Å². The standard InChI is InChI=1S/C18H24N2O4/c21-16(11-8-13-6-9-14(10-7-13)18(23)24)19-12-17(22)20-15-4-2-1-3-5-15/h6-7,9-10,15H,1-5,8,11-12H2,(H,19,21)(H,20,22)(H,23,24). The summed E-state index contributed by atoms with van der Waals surface area (Å²) in [5.74, 6) is -1.29. The molecule has 1 aliphatic carbocycles. The van der Waals surface area contributed by atoms with Crippen LogP contribution in [-0.4, -0.2) is 35.5 Å². The summed E-state index contributed by atoms with van der Waals surface area (Å²) in [7, 11) is 0. The number of benzene rings is 1. The van der Waals surface area contributed by atoms with Gasteiger partial charge in [-0.25, -0.2) is 4.79 Å². The van der Waals surface area contributed by atoms with Crippen LogP contribution in [0.2, 0.25) is 0 Å². The van der Waals surface area contributed by atoms with Crippen LogP contribution in [0.1, 0.15) is 54.4 Å². The molecule has 130 valence electrons. The molecular weight excluding hydrogens is 308 g/mol. The van der Waals surface area contributed by atoms with E-state index in [2.05, 4.69) is 10.6 Å². The Morgan fingerprint density at radius 2 is 1.67 bits per heavy atom. The number of aryl methyl sites for hydroxylation is 1. The van der Waals surface area contributed by atoms with Crippen LogP contribution in [0.5, 0.6) is 0 Å². The lowest BCUT2D eigenvalue weighted by atomic mass is 9.95. The molecule has 6 heteroatoms. The normalized spacial score (nSPS) is 14.8. The van der Waals surface area contributed by atoms with Gasteiger partial charge in [0, 0.05) is 12.5 Å². The van der Waals surface area contributed by atoms with Crippen molar-refractivity contribution in [2.75, 3.05) is 6.54 Å². The number of hydrogen-bond acceptors (Lipinski definition) is 3. The number of hydrogen-bond donors (Lipinski definition) is 3. The molecule has 1 fully saturated rings. The number of carboxylic acids is 1. The van der Waals surface area contributed by atoms with Crippen molar-refractivity contribution in [3.8, 4) is 0 Å². The summed E-state index contributed by atoms with van der Waals surface area (Å²) in [5, 5.41) is 14.4. The lowest BCUT2D eigenvalue weighted by molar-refractivity contribution is -0.126. The zero-order valence-electron chi connectivity index (χ0n) is 13.7. The molecular formula is C18H24N2O4. The van der Waals surface area contributed by atoms with Crippen molar-refractivity contribution in [2.24, 2.45) is 0 Å². The van der Waals surface area contributed by atoms with Crippen molar-refractivity contribution in [2.45, 2.75) is 51.0 Å². The first-order valence-electron chi connectivity index (χ1n) is 8.43. The molecule has 3 N–H and O–H groups in total. The van der Waals surface area contributed by atoms with Gasteiger partial charge < -0.3 is 15.7 Å². The molecule has 0 aromatic heterocycles. The van der Waals surface area contributed by atoms with Gasteiger partial charge in [0.2, 0.25) is 11.8 Å². The van der Waals surface area contributed by atoms with Gasteiger partial charge in [-0.1, -0.05) is 31.4 Å². The van der Waals surface area contributed by atoms with E-state index in [4.69, 9.17) is 5.11 Å². The number of aromatic carboxylic acids is 1. The van der Waals surface area contributed by atoms with Gasteiger partial charge in [-0.15, -0.1) is 0 Å². The second-order valence-electron chi connectivity index (χ2n) is 6.18. The van der Waals surface area contributed by atoms with E-state index in [0.717, 1.165) is 31.2 Å². The minimum atomic E-state index is -0.969. The maximum atomic E-state index is 11.8. The minimum absolute atomic E-state index is 0.00723. The van der Waals surface area contributed by atoms with Crippen LogP contribution >= 0.6 is 0 Å². The Bertz CT molecular complexity index is 577. The summed E-state index contributed by atoms with van der Waals surface area (Å²) >= 11 is 0. The largest absolute Gasteiger partial charge is 0.478 e. The second kappa shape index (κ2) is 9.05. The van der Waals surface area contributed by atoms with Crippen molar-refractivity contribution in [1.82, 2.24) is 10.6 Å². The Morgan fingerprint density at radius 1 is 1.00 bits per heavy atom. The van der Waals surface area contributed by atoms with E-state index >= 15 is 0 Å². The highest BCUT2D eigenvalue weighted by molar-refractivity contribution is 5.87. The van der Waals surface area contributed by atoms with E-state index in [-0.39, 0.29) is 36.4 Å².